The van der Waals surface area contributed by atoms with Crippen LogP contribution in [0.4, 0.5) is 0 Å². The zero-order valence-electron chi connectivity index (χ0n) is 9.35. The first-order chi connectivity index (χ1) is 7.04. The first-order valence-electron chi connectivity index (χ1n) is 5.16. The van der Waals surface area contributed by atoms with Gasteiger partial charge in [0.15, 0.2) is 0 Å². The van der Waals surface area contributed by atoms with E-state index in [1.165, 1.54) is 5.56 Å². The number of hydrogen-bond donors (Lipinski definition) is 1. The van der Waals surface area contributed by atoms with E-state index in [1.807, 2.05) is 19.2 Å². The van der Waals surface area contributed by atoms with Crippen molar-refractivity contribution < 1.29 is 0 Å². The Bertz CT molecular complexity index is 325. The van der Waals surface area contributed by atoms with E-state index in [1.54, 1.807) is 0 Å². The standard InChI is InChI=1S/C12H17BrClN/c1-8(2)6-12(15-3)10-5-4-9(13)7-11(10)14/h4-5,7-8,12,15H,6H2,1-3H3. The highest BCUT2D eigenvalue weighted by atomic mass is 79.9. The normalized spacial score (nSPS) is 13.2. The van der Waals surface area contributed by atoms with Crippen LogP contribution in [0.1, 0.15) is 31.9 Å². The molecule has 0 bridgehead atoms. The smallest absolute Gasteiger partial charge is 0.0465 e. The molecule has 84 valence electrons. The molecule has 1 aromatic rings. The average Bonchev–Trinajstić information content (AvgIpc) is 2.14. The molecule has 0 amide bonds. The highest BCUT2D eigenvalue weighted by Gasteiger charge is 2.14. The van der Waals surface area contributed by atoms with Gasteiger partial charge in [0.2, 0.25) is 0 Å². The lowest BCUT2D eigenvalue weighted by Crippen LogP contribution is -2.18. The van der Waals surface area contributed by atoms with Gasteiger partial charge >= 0.3 is 0 Å². The minimum Gasteiger partial charge on any atom is -0.313 e. The van der Waals surface area contributed by atoms with Gasteiger partial charge in [0.1, 0.15) is 0 Å². The first kappa shape index (κ1) is 13.0. The maximum absolute atomic E-state index is 6.22. The molecule has 1 nitrogen and oxygen atoms in total. The van der Waals surface area contributed by atoms with E-state index in [2.05, 4.69) is 41.2 Å². The number of benzene rings is 1. The fourth-order valence-corrected chi connectivity index (χ4v) is 2.46. The van der Waals surface area contributed by atoms with Crippen molar-refractivity contribution in [1.29, 1.82) is 0 Å². The molecule has 1 atom stereocenters. The zero-order chi connectivity index (χ0) is 11.4. The van der Waals surface area contributed by atoms with Crippen molar-refractivity contribution in [3.63, 3.8) is 0 Å². The predicted molar refractivity (Wildman–Crippen MR) is 70.4 cm³/mol. The molecule has 0 spiro atoms. The second-order valence-electron chi connectivity index (χ2n) is 4.14. The van der Waals surface area contributed by atoms with Crippen molar-refractivity contribution >= 4 is 27.5 Å². The van der Waals surface area contributed by atoms with Gasteiger partial charge in [-0.2, -0.15) is 0 Å². The van der Waals surface area contributed by atoms with E-state index in [-0.39, 0.29) is 0 Å². The molecular formula is C12H17BrClN. The summed E-state index contributed by atoms with van der Waals surface area (Å²) in [5.74, 6) is 0.655. The van der Waals surface area contributed by atoms with Gasteiger partial charge in [0.05, 0.1) is 0 Å². The van der Waals surface area contributed by atoms with Crippen LogP contribution >= 0.6 is 27.5 Å². The van der Waals surface area contributed by atoms with Crippen LogP contribution in [0, 0.1) is 5.92 Å². The molecule has 0 fully saturated rings. The molecule has 0 radical (unpaired) electrons. The molecular weight excluding hydrogens is 273 g/mol. The van der Waals surface area contributed by atoms with E-state index >= 15 is 0 Å². The highest BCUT2D eigenvalue weighted by molar-refractivity contribution is 9.10. The lowest BCUT2D eigenvalue weighted by molar-refractivity contribution is 0.457. The first-order valence-corrected chi connectivity index (χ1v) is 6.34. The molecule has 0 aliphatic heterocycles. The molecule has 0 saturated carbocycles. The minimum absolute atomic E-state index is 0.339. The third-order valence-electron chi connectivity index (χ3n) is 2.39. The zero-order valence-corrected chi connectivity index (χ0v) is 11.7. The van der Waals surface area contributed by atoms with Gasteiger partial charge in [0.25, 0.3) is 0 Å². The average molecular weight is 291 g/mol. The van der Waals surface area contributed by atoms with Crippen LogP contribution < -0.4 is 5.32 Å². The third kappa shape index (κ3) is 3.78. The number of halogens is 2. The SMILES string of the molecule is CNC(CC(C)C)c1ccc(Br)cc1Cl. The van der Waals surface area contributed by atoms with Gasteiger partial charge in [0, 0.05) is 15.5 Å². The predicted octanol–water partition coefficient (Wildman–Crippen LogP) is 4.41. The molecule has 0 aliphatic carbocycles. The molecule has 0 aromatic heterocycles. The summed E-state index contributed by atoms with van der Waals surface area (Å²) in [6.07, 6.45) is 1.10. The maximum Gasteiger partial charge on any atom is 0.0465 e. The van der Waals surface area contributed by atoms with Crippen LogP contribution in [-0.2, 0) is 0 Å². The summed E-state index contributed by atoms with van der Waals surface area (Å²) in [5, 5.41) is 4.13. The molecule has 3 heteroatoms. The lowest BCUT2D eigenvalue weighted by Gasteiger charge is -2.20. The number of hydrogen-bond acceptors (Lipinski definition) is 1. The molecule has 0 heterocycles. The summed E-state index contributed by atoms with van der Waals surface area (Å²) in [5.41, 5.74) is 1.18. The van der Waals surface area contributed by atoms with Crippen molar-refractivity contribution in [3.05, 3.63) is 33.3 Å². The molecule has 15 heavy (non-hydrogen) atoms. The Morgan fingerprint density at radius 2 is 2.07 bits per heavy atom. The van der Waals surface area contributed by atoms with Gasteiger partial charge in [-0.3, -0.25) is 0 Å². The largest absolute Gasteiger partial charge is 0.313 e. The van der Waals surface area contributed by atoms with E-state index in [9.17, 15) is 0 Å². The van der Waals surface area contributed by atoms with Crippen molar-refractivity contribution in [1.82, 2.24) is 5.32 Å². The molecule has 0 saturated heterocycles. The Balaban J connectivity index is 2.91. The Morgan fingerprint density at radius 1 is 1.40 bits per heavy atom. The van der Waals surface area contributed by atoms with Gasteiger partial charge in [-0.15, -0.1) is 0 Å². The Kier molecular flexibility index (Phi) is 5.10. The molecule has 1 aromatic carbocycles. The van der Waals surface area contributed by atoms with Crippen LogP contribution in [0.5, 0.6) is 0 Å². The Morgan fingerprint density at radius 3 is 2.53 bits per heavy atom. The van der Waals surface area contributed by atoms with E-state index in [4.69, 9.17) is 11.6 Å². The molecule has 1 N–H and O–H groups in total. The summed E-state index contributed by atoms with van der Waals surface area (Å²) >= 11 is 9.63. The molecule has 0 aliphatic rings. The summed E-state index contributed by atoms with van der Waals surface area (Å²) in [4.78, 5) is 0. The monoisotopic (exact) mass is 289 g/mol. The fraction of sp³-hybridized carbons (Fsp3) is 0.500. The van der Waals surface area contributed by atoms with Crippen LogP contribution in [0.3, 0.4) is 0 Å². The number of nitrogens with one attached hydrogen (secondary N) is 1. The van der Waals surface area contributed by atoms with Crippen LogP contribution in [0.15, 0.2) is 22.7 Å². The Hall–Kier alpha value is -0.0500. The molecule has 1 unspecified atom stereocenters. The third-order valence-corrected chi connectivity index (χ3v) is 3.21. The van der Waals surface area contributed by atoms with Gasteiger partial charge < -0.3 is 5.32 Å². The van der Waals surface area contributed by atoms with E-state index in [0.29, 0.717) is 12.0 Å². The number of rotatable bonds is 4. The van der Waals surface area contributed by atoms with Gasteiger partial charge in [-0.1, -0.05) is 47.4 Å². The van der Waals surface area contributed by atoms with Crippen LogP contribution in [-0.4, -0.2) is 7.05 Å². The van der Waals surface area contributed by atoms with E-state index in [0.717, 1.165) is 15.9 Å². The fourth-order valence-electron chi connectivity index (χ4n) is 1.66. The summed E-state index contributed by atoms with van der Waals surface area (Å²) in [6.45, 7) is 4.44. The minimum atomic E-state index is 0.339. The van der Waals surface area contributed by atoms with Crippen LogP contribution in [0.2, 0.25) is 5.02 Å². The van der Waals surface area contributed by atoms with Crippen molar-refractivity contribution in [2.24, 2.45) is 5.92 Å². The second kappa shape index (κ2) is 5.88. The van der Waals surface area contributed by atoms with Crippen molar-refractivity contribution in [2.75, 3.05) is 7.05 Å². The van der Waals surface area contributed by atoms with Crippen molar-refractivity contribution in [2.45, 2.75) is 26.3 Å². The Labute approximate surface area is 105 Å². The second-order valence-corrected chi connectivity index (χ2v) is 5.46. The van der Waals surface area contributed by atoms with E-state index < -0.39 is 0 Å². The van der Waals surface area contributed by atoms with Crippen molar-refractivity contribution in [3.8, 4) is 0 Å². The topological polar surface area (TPSA) is 12.0 Å². The highest BCUT2D eigenvalue weighted by Crippen LogP contribution is 2.29. The van der Waals surface area contributed by atoms with Crippen LogP contribution in [0.25, 0.3) is 0 Å². The summed E-state index contributed by atoms with van der Waals surface area (Å²) in [6, 6.07) is 6.40. The lowest BCUT2D eigenvalue weighted by atomic mass is 9.97. The quantitative estimate of drug-likeness (QED) is 0.866. The summed E-state index contributed by atoms with van der Waals surface area (Å²) in [7, 11) is 1.98. The van der Waals surface area contributed by atoms with Gasteiger partial charge in [-0.25, -0.2) is 0 Å². The molecule has 1 rings (SSSR count). The van der Waals surface area contributed by atoms with Gasteiger partial charge in [-0.05, 0) is 37.1 Å². The maximum atomic E-state index is 6.22. The summed E-state index contributed by atoms with van der Waals surface area (Å²) < 4.78 is 1.02.